The second kappa shape index (κ2) is 8.73. The van der Waals surface area contributed by atoms with E-state index in [1.54, 1.807) is 81.8 Å². The highest BCUT2D eigenvalue weighted by Gasteiger charge is 2.17. The van der Waals surface area contributed by atoms with Gasteiger partial charge in [-0.2, -0.15) is 0 Å². The maximum absolute atomic E-state index is 12.7. The predicted octanol–water partition coefficient (Wildman–Crippen LogP) is 3.57. The number of nitrogens with one attached hydrogen (secondary N) is 2. The summed E-state index contributed by atoms with van der Waals surface area (Å²) in [7, 11) is 0. The molecule has 2 heterocycles. The smallest absolute Gasteiger partial charge is 0.310 e. The first kappa shape index (κ1) is 21.0. The van der Waals surface area contributed by atoms with Gasteiger partial charge < -0.3 is 15.0 Å². The number of H-pyrrole nitrogens is 1. The van der Waals surface area contributed by atoms with Crippen LogP contribution in [0, 0.1) is 0 Å². The summed E-state index contributed by atoms with van der Waals surface area (Å²) in [5, 5.41) is 2.64. The summed E-state index contributed by atoms with van der Waals surface area (Å²) in [6.07, 6.45) is 4.93. The van der Waals surface area contributed by atoms with E-state index in [1.165, 1.54) is 0 Å². The Morgan fingerprint density at radius 2 is 1.80 bits per heavy atom. The summed E-state index contributed by atoms with van der Waals surface area (Å²) in [4.78, 5) is 43.5. The number of anilines is 1. The molecular formula is C23H23N3O4. The van der Waals surface area contributed by atoms with Gasteiger partial charge in [0, 0.05) is 29.7 Å². The lowest BCUT2D eigenvalue weighted by atomic mass is 10.1. The summed E-state index contributed by atoms with van der Waals surface area (Å²) < 4.78 is 5.32. The van der Waals surface area contributed by atoms with Crippen molar-refractivity contribution < 1.29 is 14.3 Å². The molecule has 0 saturated heterocycles. The molecule has 30 heavy (non-hydrogen) atoms. The van der Waals surface area contributed by atoms with Crippen molar-refractivity contribution in [3.05, 3.63) is 82.5 Å². The van der Waals surface area contributed by atoms with Crippen molar-refractivity contribution in [3.63, 3.8) is 0 Å². The molecule has 2 aromatic heterocycles. The molecule has 0 aliphatic carbocycles. The number of aromatic amines is 1. The Balaban J connectivity index is 1.77. The number of esters is 1. The number of nitrogens with zero attached hydrogens (tertiary/aromatic N) is 1. The quantitative estimate of drug-likeness (QED) is 0.632. The van der Waals surface area contributed by atoms with Crippen LogP contribution in [0.4, 0.5) is 5.69 Å². The Morgan fingerprint density at radius 1 is 1.07 bits per heavy atom. The normalized spacial score (nSPS) is 11.0. The molecule has 0 aliphatic heterocycles. The van der Waals surface area contributed by atoms with Gasteiger partial charge in [0.1, 0.15) is 11.3 Å². The number of amides is 1. The van der Waals surface area contributed by atoms with Gasteiger partial charge in [0.25, 0.3) is 11.5 Å². The standard InChI is InChI=1S/C23H23N3O4/c1-23(2,3)30-20(27)12-15-5-4-6-17(11-15)21(28)26-19-13-18(14-25-22(19)29)16-7-9-24-10-8-16/h4-11,13-14H,12H2,1-3H3,(H,25,29)(H,26,28). The zero-order valence-electron chi connectivity index (χ0n) is 17.1. The number of hydrogen-bond donors (Lipinski definition) is 2. The molecule has 0 atom stereocenters. The van der Waals surface area contributed by atoms with Crippen molar-refractivity contribution in [3.8, 4) is 11.1 Å². The van der Waals surface area contributed by atoms with Crippen molar-refractivity contribution in [1.82, 2.24) is 9.97 Å². The number of benzene rings is 1. The van der Waals surface area contributed by atoms with Crippen molar-refractivity contribution >= 4 is 17.6 Å². The van der Waals surface area contributed by atoms with Crippen LogP contribution in [0.1, 0.15) is 36.7 Å². The van der Waals surface area contributed by atoms with Crippen LogP contribution in [0.25, 0.3) is 11.1 Å². The minimum atomic E-state index is -0.576. The second-order valence-electron chi connectivity index (χ2n) is 7.78. The number of hydrogen-bond acceptors (Lipinski definition) is 5. The highest BCUT2D eigenvalue weighted by molar-refractivity contribution is 6.04. The van der Waals surface area contributed by atoms with E-state index in [0.29, 0.717) is 11.1 Å². The van der Waals surface area contributed by atoms with Crippen LogP contribution in [-0.2, 0) is 16.0 Å². The van der Waals surface area contributed by atoms with Crippen molar-refractivity contribution in [1.29, 1.82) is 0 Å². The molecule has 7 heteroatoms. The van der Waals surface area contributed by atoms with E-state index in [9.17, 15) is 14.4 Å². The largest absolute Gasteiger partial charge is 0.460 e. The zero-order chi connectivity index (χ0) is 21.7. The Labute approximate surface area is 174 Å². The van der Waals surface area contributed by atoms with Crippen molar-refractivity contribution in [2.75, 3.05) is 5.32 Å². The minimum absolute atomic E-state index is 0.0521. The Kier molecular flexibility index (Phi) is 6.11. The topological polar surface area (TPSA) is 101 Å². The number of rotatable bonds is 5. The van der Waals surface area contributed by atoms with E-state index >= 15 is 0 Å². The molecule has 1 aromatic carbocycles. The fourth-order valence-corrected chi connectivity index (χ4v) is 2.85. The lowest BCUT2D eigenvalue weighted by molar-refractivity contribution is -0.153. The first-order chi connectivity index (χ1) is 14.2. The van der Waals surface area contributed by atoms with Gasteiger partial charge in [-0.15, -0.1) is 0 Å². The molecule has 0 saturated carbocycles. The highest BCUT2D eigenvalue weighted by Crippen LogP contribution is 2.19. The van der Waals surface area contributed by atoms with Gasteiger partial charge in [-0.1, -0.05) is 12.1 Å². The lowest BCUT2D eigenvalue weighted by Crippen LogP contribution is -2.25. The molecule has 0 bridgehead atoms. The van der Waals surface area contributed by atoms with Gasteiger partial charge in [0.05, 0.1) is 6.42 Å². The maximum Gasteiger partial charge on any atom is 0.310 e. The first-order valence-corrected chi connectivity index (χ1v) is 9.46. The molecule has 2 N–H and O–H groups in total. The monoisotopic (exact) mass is 405 g/mol. The third kappa shape index (κ3) is 5.64. The fourth-order valence-electron chi connectivity index (χ4n) is 2.85. The lowest BCUT2D eigenvalue weighted by Gasteiger charge is -2.19. The summed E-state index contributed by atoms with van der Waals surface area (Å²) in [6, 6.07) is 11.9. The third-order valence-electron chi connectivity index (χ3n) is 4.12. The molecule has 0 fully saturated rings. The number of aromatic nitrogens is 2. The predicted molar refractivity (Wildman–Crippen MR) is 114 cm³/mol. The number of ether oxygens (including phenoxy) is 1. The highest BCUT2D eigenvalue weighted by atomic mass is 16.6. The first-order valence-electron chi connectivity index (χ1n) is 9.46. The van der Waals surface area contributed by atoms with E-state index in [2.05, 4.69) is 15.3 Å². The van der Waals surface area contributed by atoms with E-state index < -0.39 is 17.1 Å². The molecule has 0 aliphatic rings. The molecule has 0 unspecified atom stereocenters. The average molecular weight is 405 g/mol. The molecule has 3 rings (SSSR count). The van der Waals surface area contributed by atoms with Crippen molar-refractivity contribution in [2.45, 2.75) is 32.8 Å². The van der Waals surface area contributed by atoms with E-state index in [1.807, 2.05) is 0 Å². The SMILES string of the molecule is CC(C)(C)OC(=O)Cc1cccc(C(=O)Nc2cc(-c3ccncc3)c[nH]c2=O)c1. The van der Waals surface area contributed by atoms with E-state index in [0.717, 1.165) is 11.1 Å². The van der Waals surface area contributed by atoms with Gasteiger partial charge in [0.15, 0.2) is 0 Å². The van der Waals surface area contributed by atoms with Crippen LogP contribution in [0.3, 0.4) is 0 Å². The van der Waals surface area contributed by atoms with E-state index in [4.69, 9.17) is 4.74 Å². The van der Waals surface area contributed by atoms with Crippen LogP contribution in [-0.4, -0.2) is 27.4 Å². The number of pyridine rings is 2. The molecule has 154 valence electrons. The zero-order valence-corrected chi connectivity index (χ0v) is 17.1. The number of carbonyl (C=O) groups is 2. The molecule has 3 aromatic rings. The molecular weight excluding hydrogens is 382 g/mol. The summed E-state index contributed by atoms with van der Waals surface area (Å²) >= 11 is 0. The van der Waals surface area contributed by atoms with Crippen LogP contribution >= 0.6 is 0 Å². The van der Waals surface area contributed by atoms with Crippen molar-refractivity contribution in [2.24, 2.45) is 0 Å². The number of carbonyl (C=O) groups excluding carboxylic acids is 2. The van der Waals surface area contributed by atoms with Crippen LogP contribution in [0.2, 0.25) is 0 Å². The average Bonchev–Trinajstić information content (AvgIpc) is 2.69. The third-order valence-corrected chi connectivity index (χ3v) is 4.12. The van der Waals surface area contributed by atoms with Crippen LogP contribution in [0.15, 0.2) is 65.8 Å². The van der Waals surface area contributed by atoms with Gasteiger partial charge in [0.2, 0.25) is 0 Å². The Morgan fingerprint density at radius 3 is 2.50 bits per heavy atom. The minimum Gasteiger partial charge on any atom is -0.460 e. The summed E-state index contributed by atoms with van der Waals surface area (Å²) in [5.41, 5.74) is 1.73. The molecule has 7 nitrogen and oxygen atoms in total. The van der Waals surface area contributed by atoms with Crippen LogP contribution < -0.4 is 10.9 Å². The van der Waals surface area contributed by atoms with E-state index in [-0.39, 0.29) is 18.1 Å². The van der Waals surface area contributed by atoms with Gasteiger partial charge in [-0.25, -0.2) is 0 Å². The molecule has 0 radical (unpaired) electrons. The second-order valence-corrected chi connectivity index (χ2v) is 7.78. The fraction of sp³-hybridized carbons (Fsp3) is 0.217. The van der Waals surface area contributed by atoms with Gasteiger partial charge in [-0.05, 0) is 62.2 Å². The summed E-state index contributed by atoms with van der Waals surface area (Å²) in [5.74, 6) is -0.819. The summed E-state index contributed by atoms with van der Waals surface area (Å²) in [6.45, 7) is 5.39. The molecule has 1 amide bonds. The Hall–Kier alpha value is -3.74. The maximum atomic E-state index is 12.7. The molecule has 0 spiro atoms. The Bertz CT molecular complexity index is 1120. The van der Waals surface area contributed by atoms with Gasteiger partial charge in [-0.3, -0.25) is 19.4 Å². The van der Waals surface area contributed by atoms with Crippen LogP contribution in [0.5, 0.6) is 0 Å². The van der Waals surface area contributed by atoms with Gasteiger partial charge >= 0.3 is 5.97 Å².